The summed E-state index contributed by atoms with van der Waals surface area (Å²) in [4.78, 5) is 24.9. The first-order chi connectivity index (χ1) is 10.0. The van der Waals surface area contributed by atoms with Crippen molar-refractivity contribution in [3.8, 4) is 0 Å². The molecule has 0 spiro atoms. The van der Waals surface area contributed by atoms with Gasteiger partial charge < -0.3 is 4.90 Å². The second-order valence-electron chi connectivity index (χ2n) is 5.36. The molecule has 1 amide bonds. The topological polar surface area (TPSA) is 63.5 Å². The van der Waals surface area contributed by atoms with Crippen molar-refractivity contribution < 1.29 is 9.72 Å². The third kappa shape index (κ3) is 3.53. The lowest BCUT2D eigenvalue weighted by molar-refractivity contribution is -0.384. The fourth-order valence-corrected chi connectivity index (χ4v) is 3.05. The lowest BCUT2D eigenvalue weighted by atomic mass is 9.97. The second kappa shape index (κ2) is 6.89. The Labute approximate surface area is 129 Å². The molecule has 0 saturated carbocycles. The zero-order valence-electron chi connectivity index (χ0n) is 12.0. The molecule has 6 heteroatoms. The number of hydrogen-bond acceptors (Lipinski definition) is 3. The number of carbonyl (C=O) groups excluding carboxylic acids is 1. The van der Waals surface area contributed by atoms with Gasteiger partial charge in [-0.1, -0.05) is 24.9 Å². The minimum Gasteiger partial charge on any atom is -0.336 e. The van der Waals surface area contributed by atoms with Gasteiger partial charge in [-0.3, -0.25) is 14.9 Å². The fourth-order valence-electron chi connectivity index (χ4n) is 2.85. The third-order valence-corrected chi connectivity index (χ3v) is 4.23. The Morgan fingerprint density at radius 3 is 2.90 bits per heavy atom. The molecule has 1 atom stereocenters. The molecular formula is C15H19ClN2O3. The van der Waals surface area contributed by atoms with Gasteiger partial charge in [0.1, 0.15) is 0 Å². The Bertz CT molecular complexity index is 546. The van der Waals surface area contributed by atoms with Crippen LogP contribution >= 0.6 is 11.6 Å². The maximum Gasteiger partial charge on any atom is 0.270 e. The fraction of sp³-hybridized carbons (Fsp3) is 0.533. The highest BCUT2D eigenvalue weighted by Crippen LogP contribution is 2.27. The monoisotopic (exact) mass is 310 g/mol. The maximum absolute atomic E-state index is 12.7. The highest BCUT2D eigenvalue weighted by atomic mass is 35.5. The molecule has 1 aliphatic rings. The molecule has 1 fully saturated rings. The summed E-state index contributed by atoms with van der Waals surface area (Å²) in [6, 6.07) is 4.24. The van der Waals surface area contributed by atoms with Crippen LogP contribution in [0.5, 0.6) is 0 Å². The summed E-state index contributed by atoms with van der Waals surface area (Å²) in [5.41, 5.74) is 0.126. The Balaban J connectivity index is 2.29. The predicted molar refractivity (Wildman–Crippen MR) is 81.7 cm³/mol. The van der Waals surface area contributed by atoms with E-state index in [9.17, 15) is 14.9 Å². The number of nitrogens with zero attached hydrogens (tertiary/aromatic N) is 2. The first kappa shape index (κ1) is 15.8. The van der Waals surface area contributed by atoms with E-state index in [2.05, 4.69) is 6.92 Å². The number of piperidine rings is 1. The molecule has 0 aromatic heterocycles. The molecular weight excluding hydrogens is 292 g/mol. The summed E-state index contributed by atoms with van der Waals surface area (Å²) in [7, 11) is 0. The van der Waals surface area contributed by atoms with Gasteiger partial charge in [-0.2, -0.15) is 0 Å². The Morgan fingerprint density at radius 2 is 2.24 bits per heavy atom. The van der Waals surface area contributed by atoms with Crippen LogP contribution in [0, 0.1) is 10.1 Å². The van der Waals surface area contributed by atoms with Crippen molar-refractivity contribution in [2.45, 2.75) is 45.1 Å². The molecule has 1 heterocycles. The Kier molecular flexibility index (Phi) is 5.17. The Morgan fingerprint density at radius 1 is 1.48 bits per heavy atom. The summed E-state index contributed by atoms with van der Waals surface area (Å²) < 4.78 is 0. The number of benzene rings is 1. The molecule has 0 N–H and O–H groups in total. The van der Waals surface area contributed by atoms with E-state index in [4.69, 9.17) is 11.6 Å². The van der Waals surface area contributed by atoms with Crippen LogP contribution in [0.1, 0.15) is 49.4 Å². The average Bonchev–Trinajstić information content (AvgIpc) is 2.47. The van der Waals surface area contributed by atoms with Gasteiger partial charge in [0, 0.05) is 24.7 Å². The maximum atomic E-state index is 12.7. The third-order valence-electron chi connectivity index (χ3n) is 3.90. The first-order valence-corrected chi connectivity index (χ1v) is 7.67. The van der Waals surface area contributed by atoms with Crippen molar-refractivity contribution in [1.29, 1.82) is 0 Å². The van der Waals surface area contributed by atoms with Crippen LogP contribution in [0.4, 0.5) is 5.69 Å². The van der Waals surface area contributed by atoms with Crippen molar-refractivity contribution in [1.82, 2.24) is 4.90 Å². The van der Waals surface area contributed by atoms with Crippen molar-refractivity contribution in [3.05, 3.63) is 38.9 Å². The van der Waals surface area contributed by atoms with Crippen LogP contribution in [0.25, 0.3) is 0 Å². The molecule has 1 aromatic carbocycles. The van der Waals surface area contributed by atoms with Crippen molar-refractivity contribution >= 4 is 23.2 Å². The summed E-state index contributed by atoms with van der Waals surface area (Å²) in [5.74, 6) is -0.193. The molecule has 0 aliphatic carbocycles. The van der Waals surface area contributed by atoms with E-state index >= 15 is 0 Å². The molecule has 1 saturated heterocycles. The van der Waals surface area contributed by atoms with Gasteiger partial charge in [0.15, 0.2) is 0 Å². The number of nitro benzene ring substituents is 1. The number of carbonyl (C=O) groups is 1. The lowest BCUT2D eigenvalue weighted by Gasteiger charge is -2.36. The van der Waals surface area contributed by atoms with Crippen LogP contribution in [0.2, 0.25) is 5.02 Å². The molecule has 1 unspecified atom stereocenters. The van der Waals surface area contributed by atoms with Gasteiger partial charge >= 0.3 is 0 Å². The summed E-state index contributed by atoms with van der Waals surface area (Å²) in [6.45, 7) is 2.79. The molecule has 0 bridgehead atoms. The smallest absolute Gasteiger partial charge is 0.270 e. The minimum absolute atomic E-state index is 0.105. The molecule has 0 radical (unpaired) electrons. The van der Waals surface area contributed by atoms with Gasteiger partial charge in [-0.25, -0.2) is 0 Å². The summed E-state index contributed by atoms with van der Waals surface area (Å²) >= 11 is 6.07. The van der Waals surface area contributed by atoms with Gasteiger partial charge in [0.25, 0.3) is 11.6 Å². The second-order valence-corrected chi connectivity index (χ2v) is 5.77. The normalized spacial score (nSPS) is 18.6. The Hall–Kier alpha value is -1.62. The SMILES string of the molecule is CCCC1CCCCN1C(=O)c1cc([N+](=O)[O-])ccc1Cl. The van der Waals surface area contributed by atoms with Gasteiger partial charge in [-0.15, -0.1) is 0 Å². The van der Waals surface area contributed by atoms with Crippen molar-refractivity contribution in [3.63, 3.8) is 0 Å². The van der Waals surface area contributed by atoms with Crippen molar-refractivity contribution in [2.24, 2.45) is 0 Å². The van der Waals surface area contributed by atoms with E-state index in [-0.39, 0.29) is 28.2 Å². The van der Waals surface area contributed by atoms with Crippen LogP contribution < -0.4 is 0 Å². The van der Waals surface area contributed by atoms with Gasteiger partial charge in [0.05, 0.1) is 15.5 Å². The standard InChI is InChI=1S/C15H19ClN2O3/c1-2-5-11-6-3-4-9-17(11)15(19)13-10-12(18(20)21)7-8-14(13)16/h7-8,10-11H,2-6,9H2,1H3. The number of halogens is 1. The molecule has 1 aliphatic heterocycles. The summed E-state index contributed by atoms with van der Waals surface area (Å²) in [5, 5.41) is 11.1. The van der Waals surface area contributed by atoms with Crippen LogP contribution in [-0.2, 0) is 0 Å². The van der Waals surface area contributed by atoms with Crippen LogP contribution in [0.3, 0.4) is 0 Å². The average molecular weight is 311 g/mol. The molecule has 1 aromatic rings. The number of amides is 1. The zero-order chi connectivity index (χ0) is 15.4. The highest BCUT2D eigenvalue weighted by Gasteiger charge is 2.28. The van der Waals surface area contributed by atoms with E-state index in [1.807, 2.05) is 4.90 Å². The lowest BCUT2D eigenvalue weighted by Crippen LogP contribution is -2.43. The molecule has 114 valence electrons. The van der Waals surface area contributed by atoms with E-state index < -0.39 is 4.92 Å². The first-order valence-electron chi connectivity index (χ1n) is 7.29. The van der Waals surface area contributed by atoms with Gasteiger partial charge in [-0.05, 0) is 31.7 Å². The molecule has 5 nitrogen and oxygen atoms in total. The van der Waals surface area contributed by atoms with E-state index in [0.717, 1.165) is 32.1 Å². The number of hydrogen-bond donors (Lipinski definition) is 0. The molecule has 2 rings (SSSR count). The van der Waals surface area contributed by atoms with Crippen LogP contribution in [-0.4, -0.2) is 28.3 Å². The van der Waals surface area contributed by atoms with E-state index in [0.29, 0.717) is 6.54 Å². The number of non-ortho nitro benzene ring substituents is 1. The highest BCUT2D eigenvalue weighted by molar-refractivity contribution is 6.33. The van der Waals surface area contributed by atoms with E-state index in [1.165, 1.54) is 18.2 Å². The number of rotatable bonds is 4. The molecule has 21 heavy (non-hydrogen) atoms. The zero-order valence-corrected chi connectivity index (χ0v) is 12.8. The number of likely N-dealkylation sites (tertiary alicyclic amines) is 1. The quantitative estimate of drug-likeness (QED) is 0.622. The largest absolute Gasteiger partial charge is 0.336 e. The minimum atomic E-state index is -0.507. The van der Waals surface area contributed by atoms with Gasteiger partial charge in [0.2, 0.25) is 0 Å². The predicted octanol–water partition coefficient (Wildman–Crippen LogP) is 4.04. The number of nitro groups is 1. The van der Waals surface area contributed by atoms with E-state index in [1.54, 1.807) is 0 Å². The van der Waals surface area contributed by atoms with Crippen molar-refractivity contribution in [2.75, 3.05) is 6.54 Å². The van der Waals surface area contributed by atoms with Crippen LogP contribution in [0.15, 0.2) is 18.2 Å². The summed E-state index contributed by atoms with van der Waals surface area (Å²) in [6.07, 6.45) is 5.05.